The van der Waals surface area contributed by atoms with Crippen molar-refractivity contribution in [3.05, 3.63) is 51.5 Å². The topological polar surface area (TPSA) is 29.0 Å². The zero-order valence-electron chi connectivity index (χ0n) is 11.1. The molecule has 0 atom stereocenters. The van der Waals surface area contributed by atoms with E-state index in [4.69, 9.17) is 0 Å². The normalized spacial score (nSPS) is 10.9. The molecule has 3 aromatic rings. The molecule has 0 saturated heterocycles. The fourth-order valence-electron chi connectivity index (χ4n) is 2.20. The van der Waals surface area contributed by atoms with Gasteiger partial charge in [0, 0.05) is 53.3 Å². The lowest BCUT2D eigenvalue weighted by atomic mass is 10.1. The van der Waals surface area contributed by atoms with Gasteiger partial charge in [0.25, 0.3) is 0 Å². The van der Waals surface area contributed by atoms with Crippen LogP contribution in [0.25, 0.3) is 10.9 Å². The Morgan fingerprint density at radius 3 is 2.90 bits per heavy atom. The lowest BCUT2D eigenvalue weighted by Gasteiger charge is -2.20. The van der Waals surface area contributed by atoms with E-state index in [2.05, 4.69) is 56.0 Å². The molecular formula is C15H14BrN3S. The minimum atomic E-state index is 0.947. The molecule has 0 N–H and O–H groups in total. The lowest BCUT2D eigenvalue weighted by Crippen LogP contribution is -2.20. The van der Waals surface area contributed by atoms with E-state index < -0.39 is 0 Å². The standard InChI is InChI=1S/C15H14BrN3S/c1-19(8-5-15-18-7-9-20-15)14-4-6-17-13-10-11(16)2-3-12(13)14/h2-4,6-7,9-10H,5,8H2,1H3. The summed E-state index contributed by atoms with van der Waals surface area (Å²) in [5.74, 6) is 0. The Kier molecular flexibility index (Phi) is 3.98. The van der Waals surface area contributed by atoms with Crippen molar-refractivity contribution >= 4 is 43.9 Å². The van der Waals surface area contributed by atoms with Crippen LogP contribution in [-0.2, 0) is 6.42 Å². The van der Waals surface area contributed by atoms with E-state index in [1.807, 2.05) is 23.8 Å². The van der Waals surface area contributed by atoms with Crippen LogP contribution in [0.1, 0.15) is 5.01 Å². The van der Waals surface area contributed by atoms with Gasteiger partial charge in [0.2, 0.25) is 0 Å². The fourth-order valence-corrected chi connectivity index (χ4v) is 3.16. The molecule has 3 rings (SSSR count). The molecule has 1 aromatic carbocycles. The molecule has 102 valence electrons. The van der Waals surface area contributed by atoms with E-state index in [1.54, 1.807) is 11.3 Å². The summed E-state index contributed by atoms with van der Waals surface area (Å²) in [6, 6.07) is 8.29. The zero-order chi connectivity index (χ0) is 13.9. The van der Waals surface area contributed by atoms with Gasteiger partial charge >= 0.3 is 0 Å². The van der Waals surface area contributed by atoms with Crippen LogP contribution in [0.2, 0.25) is 0 Å². The molecular weight excluding hydrogens is 334 g/mol. The Morgan fingerprint density at radius 2 is 2.10 bits per heavy atom. The third-order valence-corrected chi connectivity index (χ3v) is 4.57. The molecule has 0 bridgehead atoms. The molecule has 3 nitrogen and oxygen atoms in total. The second-order valence-corrected chi connectivity index (χ2v) is 6.48. The van der Waals surface area contributed by atoms with Gasteiger partial charge in [-0.05, 0) is 24.3 Å². The Labute approximate surface area is 130 Å². The average molecular weight is 348 g/mol. The van der Waals surface area contributed by atoms with Crippen LogP contribution in [0.5, 0.6) is 0 Å². The van der Waals surface area contributed by atoms with Gasteiger partial charge in [0.15, 0.2) is 0 Å². The maximum Gasteiger partial charge on any atom is 0.0942 e. The molecule has 0 saturated carbocycles. The van der Waals surface area contributed by atoms with Gasteiger partial charge in [-0.25, -0.2) is 4.98 Å². The number of fused-ring (bicyclic) bond motifs is 1. The quantitative estimate of drug-likeness (QED) is 0.710. The van der Waals surface area contributed by atoms with Gasteiger partial charge < -0.3 is 4.90 Å². The number of rotatable bonds is 4. The molecule has 5 heteroatoms. The van der Waals surface area contributed by atoms with Gasteiger partial charge in [0.1, 0.15) is 0 Å². The third-order valence-electron chi connectivity index (χ3n) is 3.24. The number of benzene rings is 1. The number of anilines is 1. The molecule has 0 aliphatic rings. The van der Waals surface area contributed by atoms with Gasteiger partial charge in [-0.1, -0.05) is 15.9 Å². The minimum Gasteiger partial charge on any atom is -0.374 e. The predicted octanol–water partition coefficient (Wildman–Crippen LogP) is 4.13. The molecule has 0 spiro atoms. The largest absolute Gasteiger partial charge is 0.374 e. The Balaban J connectivity index is 1.85. The highest BCUT2D eigenvalue weighted by atomic mass is 79.9. The Bertz CT molecular complexity index is 712. The first kappa shape index (κ1) is 13.5. The number of hydrogen-bond donors (Lipinski definition) is 0. The number of aromatic nitrogens is 2. The van der Waals surface area contributed by atoms with Crippen molar-refractivity contribution < 1.29 is 0 Å². The molecule has 0 unspecified atom stereocenters. The number of nitrogens with zero attached hydrogens (tertiary/aromatic N) is 3. The van der Waals surface area contributed by atoms with Gasteiger partial charge in [-0.3, -0.25) is 4.98 Å². The predicted molar refractivity (Wildman–Crippen MR) is 88.5 cm³/mol. The van der Waals surface area contributed by atoms with Gasteiger partial charge in [0.05, 0.1) is 10.5 Å². The van der Waals surface area contributed by atoms with Crippen molar-refractivity contribution in [1.29, 1.82) is 0 Å². The minimum absolute atomic E-state index is 0.947. The van der Waals surface area contributed by atoms with Gasteiger partial charge in [-0.2, -0.15) is 0 Å². The van der Waals surface area contributed by atoms with Crippen LogP contribution < -0.4 is 4.90 Å². The molecule has 2 aromatic heterocycles. The first-order valence-corrected chi connectivity index (χ1v) is 8.05. The summed E-state index contributed by atoms with van der Waals surface area (Å²) in [7, 11) is 2.12. The Morgan fingerprint density at radius 1 is 1.20 bits per heavy atom. The lowest BCUT2D eigenvalue weighted by molar-refractivity contribution is 0.872. The maximum absolute atomic E-state index is 4.43. The van der Waals surface area contributed by atoms with Crippen LogP contribution in [0, 0.1) is 0 Å². The summed E-state index contributed by atoms with van der Waals surface area (Å²) in [5.41, 5.74) is 2.22. The van der Waals surface area contributed by atoms with Crippen LogP contribution in [0.3, 0.4) is 0 Å². The highest BCUT2D eigenvalue weighted by Gasteiger charge is 2.08. The number of halogens is 1. The number of likely N-dealkylation sites (N-methyl/N-ethyl adjacent to an activating group) is 1. The van der Waals surface area contributed by atoms with Crippen molar-refractivity contribution in [1.82, 2.24) is 9.97 Å². The fraction of sp³-hybridized carbons (Fsp3) is 0.200. The van der Waals surface area contributed by atoms with E-state index in [0.717, 1.165) is 23.0 Å². The molecule has 0 amide bonds. The van der Waals surface area contributed by atoms with E-state index in [0.29, 0.717) is 0 Å². The smallest absolute Gasteiger partial charge is 0.0942 e. The second kappa shape index (κ2) is 5.89. The third kappa shape index (κ3) is 2.83. The first-order valence-electron chi connectivity index (χ1n) is 6.38. The highest BCUT2D eigenvalue weighted by molar-refractivity contribution is 9.10. The summed E-state index contributed by atoms with van der Waals surface area (Å²) in [6.45, 7) is 0.947. The molecule has 0 aliphatic heterocycles. The van der Waals surface area contributed by atoms with Gasteiger partial charge in [-0.15, -0.1) is 11.3 Å². The molecule has 0 aliphatic carbocycles. The number of pyridine rings is 1. The van der Waals surface area contributed by atoms with Crippen LogP contribution in [0.15, 0.2) is 46.5 Å². The average Bonchev–Trinajstić information content (AvgIpc) is 2.97. The van der Waals surface area contributed by atoms with E-state index >= 15 is 0 Å². The van der Waals surface area contributed by atoms with E-state index in [9.17, 15) is 0 Å². The van der Waals surface area contributed by atoms with E-state index in [-0.39, 0.29) is 0 Å². The van der Waals surface area contributed by atoms with Crippen molar-refractivity contribution in [3.8, 4) is 0 Å². The van der Waals surface area contributed by atoms with Crippen LogP contribution >= 0.6 is 27.3 Å². The summed E-state index contributed by atoms with van der Waals surface area (Å²) in [4.78, 5) is 11.0. The second-order valence-electron chi connectivity index (χ2n) is 4.59. The van der Waals surface area contributed by atoms with Crippen molar-refractivity contribution in [2.75, 3.05) is 18.5 Å². The summed E-state index contributed by atoms with van der Waals surface area (Å²) >= 11 is 5.20. The van der Waals surface area contributed by atoms with E-state index in [1.165, 1.54) is 16.1 Å². The number of thiazole rings is 1. The zero-order valence-corrected chi connectivity index (χ0v) is 13.5. The van der Waals surface area contributed by atoms with Crippen molar-refractivity contribution in [2.24, 2.45) is 0 Å². The highest BCUT2D eigenvalue weighted by Crippen LogP contribution is 2.27. The Hall–Kier alpha value is -1.46. The summed E-state index contributed by atoms with van der Waals surface area (Å²) in [6.07, 6.45) is 4.69. The molecule has 20 heavy (non-hydrogen) atoms. The molecule has 0 radical (unpaired) electrons. The molecule has 0 fully saturated rings. The first-order chi connectivity index (χ1) is 9.74. The summed E-state index contributed by atoms with van der Waals surface area (Å²) in [5, 5.41) is 4.38. The summed E-state index contributed by atoms with van der Waals surface area (Å²) < 4.78 is 1.06. The number of hydrogen-bond acceptors (Lipinski definition) is 4. The van der Waals surface area contributed by atoms with Crippen LogP contribution in [0.4, 0.5) is 5.69 Å². The maximum atomic E-state index is 4.43. The SMILES string of the molecule is CN(CCc1nccs1)c1ccnc2cc(Br)ccc12. The van der Waals surface area contributed by atoms with Crippen molar-refractivity contribution in [3.63, 3.8) is 0 Å². The monoisotopic (exact) mass is 347 g/mol. The van der Waals surface area contributed by atoms with Crippen molar-refractivity contribution in [2.45, 2.75) is 6.42 Å². The molecule has 2 heterocycles. The van der Waals surface area contributed by atoms with Crippen LogP contribution in [-0.4, -0.2) is 23.6 Å².